The molecule has 2 heterocycles. The van der Waals surface area contributed by atoms with E-state index in [2.05, 4.69) is 15.9 Å². The van der Waals surface area contributed by atoms with Crippen molar-refractivity contribution in [2.75, 3.05) is 18.1 Å². The normalized spacial score (nSPS) is 39.1. The van der Waals surface area contributed by atoms with Gasteiger partial charge in [-0.15, -0.1) is 0 Å². The maximum Gasteiger partial charge on any atom is 0.236 e. The molecule has 0 aromatic rings. The molecular formula is C9H14BrNO2S. The van der Waals surface area contributed by atoms with Crippen molar-refractivity contribution in [3.63, 3.8) is 0 Å². The number of carbonyl (C=O) groups is 1. The average Bonchev–Trinajstić information content (AvgIpc) is 2.50. The molecule has 0 aromatic carbocycles. The minimum absolute atomic E-state index is 0.0231. The van der Waals surface area contributed by atoms with Crippen molar-refractivity contribution < 1.29 is 9.00 Å². The van der Waals surface area contributed by atoms with Crippen LogP contribution in [0.5, 0.6) is 0 Å². The number of nitrogens with zero attached hydrogens (tertiary/aromatic N) is 1. The highest BCUT2D eigenvalue weighted by atomic mass is 79.9. The molecule has 0 bridgehead atoms. The number of hydrogen-bond donors (Lipinski definition) is 0. The van der Waals surface area contributed by atoms with Gasteiger partial charge in [-0.3, -0.25) is 9.00 Å². The third-order valence-corrected chi connectivity index (χ3v) is 5.20. The summed E-state index contributed by atoms with van der Waals surface area (Å²) in [4.78, 5) is 13.7. The van der Waals surface area contributed by atoms with Gasteiger partial charge >= 0.3 is 0 Å². The molecule has 0 N–H and O–H groups in total. The lowest BCUT2D eigenvalue weighted by atomic mass is 10.1. The molecule has 2 fully saturated rings. The van der Waals surface area contributed by atoms with Gasteiger partial charge in [-0.25, -0.2) is 0 Å². The first kappa shape index (κ1) is 10.6. The van der Waals surface area contributed by atoms with Gasteiger partial charge in [-0.2, -0.15) is 0 Å². The third kappa shape index (κ3) is 2.03. The number of halogens is 1. The number of hydrogen-bond acceptors (Lipinski definition) is 2. The summed E-state index contributed by atoms with van der Waals surface area (Å²) in [5.74, 6) is 1.76. The van der Waals surface area contributed by atoms with E-state index in [0.717, 1.165) is 37.3 Å². The van der Waals surface area contributed by atoms with Crippen molar-refractivity contribution in [2.24, 2.45) is 0 Å². The van der Waals surface area contributed by atoms with Crippen LogP contribution in [0.1, 0.15) is 19.3 Å². The van der Waals surface area contributed by atoms with Crippen molar-refractivity contribution in [2.45, 2.75) is 30.1 Å². The molecule has 1 amide bonds. The SMILES string of the molecule is O=C1C(Br)CCN1C1CCS(=O)CC1. The highest BCUT2D eigenvalue weighted by Gasteiger charge is 2.35. The predicted molar refractivity (Wildman–Crippen MR) is 59.9 cm³/mol. The Morgan fingerprint density at radius 2 is 1.93 bits per heavy atom. The summed E-state index contributed by atoms with van der Waals surface area (Å²) in [5.41, 5.74) is 0. The number of rotatable bonds is 1. The van der Waals surface area contributed by atoms with E-state index in [1.807, 2.05) is 4.90 Å². The van der Waals surface area contributed by atoms with E-state index in [4.69, 9.17) is 0 Å². The molecule has 14 heavy (non-hydrogen) atoms. The minimum atomic E-state index is -0.631. The molecule has 80 valence electrons. The van der Waals surface area contributed by atoms with Gasteiger partial charge in [-0.1, -0.05) is 15.9 Å². The van der Waals surface area contributed by atoms with E-state index in [-0.39, 0.29) is 10.7 Å². The summed E-state index contributed by atoms with van der Waals surface area (Å²) in [7, 11) is -0.631. The molecule has 1 atom stereocenters. The van der Waals surface area contributed by atoms with Crippen molar-refractivity contribution in [3.8, 4) is 0 Å². The number of alkyl halides is 1. The van der Waals surface area contributed by atoms with Gasteiger partial charge in [0.15, 0.2) is 0 Å². The van der Waals surface area contributed by atoms with Crippen LogP contribution in [0.15, 0.2) is 0 Å². The summed E-state index contributed by atoms with van der Waals surface area (Å²) in [5, 5.41) is 0. The average molecular weight is 280 g/mol. The fourth-order valence-electron chi connectivity index (χ4n) is 2.12. The van der Waals surface area contributed by atoms with Crippen molar-refractivity contribution in [1.82, 2.24) is 4.90 Å². The topological polar surface area (TPSA) is 37.4 Å². The first-order valence-corrected chi connectivity index (χ1v) is 7.38. The zero-order valence-corrected chi connectivity index (χ0v) is 10.3. The van der Waals surface area contributed by atoms with Crippen molar-refractivity contribution in [1.29, 1.82) is 0 Å². The second-order valence-electron chi connectivity index (χ2n) is 3.87. The molecule has 1 unspecified atom stereocenters. The Hall–Kier alpha value is 0.1000. The molecule has 0 saturated carbocycles. The fourth-order valence-corrected chi connectivity index (χ4v) is 3.86. The molecule has 2 saturated heterocycles. The van der Waals surface area contributed by atoms with Gasteiger partial charge in [0.2, 0.25) is 5.91 Å². The van der Waals surface area contributed by atoms with Gasteiger partial charge in [0.25, 0.3) is 0 Å². The molecule has 2 rings (SSSR count). The predicted octanol–water partition coefficient (Wildman–Crippen LogP) is 0.893. The second-order valence-corrected chi connectivity index (χ2v) is 6.67. The van der Waals surface area contributed by atoms with Crippen LogP contribution in [0, 0.1) is 0 Å². The van der Waals surface area contributed by atoms with E-state index in [1.165, 1.54) is 0 Å². The molecule has 5 heteroatoms. The summed E-state index contributed by atoms with van der Waals surface area (Å²) >= 11 is 3.37. The zero-order chi connectivity index (χ0) is 10.1. The van der Waals surface area contributed by atoms with Crippen molar-refractivity contribution in [3.05, 3.63) is 0 Å². The van der Waals surface area contributed by atoms with Gasteiger partial charge in [0.05, 0.1) is 4.83 Å². The highest BCUT2D eigenvalue weighted by Crippen LogP contribution is 2.25. The van der Waals surface area contributed by atoms with Crippen LogP contribution in [-0.4, -0.2) is 43.9 Å². The second kappa shape index (κ2) is 4.31. The molecule has 0 aliphatic carbocycles. The summed E-state index contributed by atoms with van der Waals surface area (Å²) < 4.78 is 11.2. The van der Waals surface area contributed by atoms with E-state index in [1.54, 1.807) is 0 Å². The summed E-state index contributed by atoms with van der Waals surface area (Å²) in [6, 6.07) is 0.350. The maximum absolute atomic E-state index is 11.7. The van der Waals surface area contributed by atoms with E-state index in [0.29, 0.717) is 6.04 Å². The third-order valence-electron chi connectivity index (χ3n) is 2.97. The summed E-state index contributed by atoms with van der Waals surface area (Å²) in [6.07, 6.45) is 2.74. The van der Waals surface area contributed by atoms with Gasteiger partial charge in [0.1, 0.15) is 0 Å². The van der Waals surface area contributed by atoms with Crippen LogP contribution < -0.4 is 0 Å². The molecular weight excluding hydrogens is 266 g/mol. The zero-order valence-electron chi connectivity index (χ0n) is 7.95. The van der Waals surface area contributed by atoms with Crippen LogP contribution >= 0.6 is 15.9 Å². The van der Waals surface area contributed by atoms with E-state index >= 15 is 0 Å². The van der Waals surface area contributed by atoms with Crippen LogP contribution in [0.3, 0.4) is 0 Å². The molecule has 0 spiro atoms. The van der Waals surface area contributed by atoms with Gasteiger partial charge < -0.3 is 4.90 Å². The van der Waals surface area contributed by atoms with E-state index < -0.39 is 10.8 Å². The molecule has 2 aliphatic heterocycles. The molecule has 2 aliphatic rings. The molecule has 3 nitrogen and oxygen atoms in total. The van der Waals surface area contributed by atoms with Crippen molar-refractivity contribution >= 4 is 32.6 Å². The van der Waals surface area contributed by atoms with Gasteiger partial charge in [-0.05, 0) is 19.3 Å². The summed E-state index contributed by atoms with van der Waals surface area (Å²) in [6.45, 7) is 0.867. The Bertz CT molecular complexity index is 262. The lowest BCUT2D eigenvalue weighted by molar-refractivity contribution is -0.129. The Morgan fingerprint density at radius 3 is 2.43 bits per heavy atom. The Kier molecular flexibility index (Phi) is 3.27. The first-order valence-electron chi connectivity index (χ1n) is 4.98. The highest BCUT2D eigenvalue weighted by molar-refractivity contribution is 9.10. The van der Waals surface area contributed by atoms with Crippen LogP contribution in [0.2, 0.25) is 0 Å². The van der Waals surface area contributed by atoms with Crippen LogP contribution in [0.25, 0.3) is 0 Å². The van der Waals surface area contributed by atoms with E-state index in [9.17, 15) is 9.00 Å². The maximum atomic E-state index is 11.7. The smallest absolute Gasteiger partial charge is 0.236 e. The number of carbonyl (C=O) groups excluding carboxylic acids is 1. The van der Waals surface area contributed by atoms with Crippen LogP contribution in [0.4, 0.5) is 0 Å². The monoisotopic (exact) mass is 279 g/mol. The van der Waals surface area contributed by atoms with Crippen LogP contribution in [-0.2, 0) is 15.6 Å². The Morgan fingerprint density at radius 1 is 1.29 bits per heavy atom. The standard InChI is InChI=1S/C9H14BrNO2S/c10-8-1-4-11(9(8)12)7-2-5-14(13)6-3-7/h7-8H,1-6H2. The van der Waals surface area contributed by atoms with Gasteiger partial charge in [0, 0.05) is 34.9 Å². The molecule has 0 radical (unpaired) electrons. The number of likely N-dealkylation sites (tertiary alicyclic amines) is 1. The minimum Gasteiger partial charge on any atom is -0.339 e. The largest absolute Gasteiger partial charge is 0.339 e. The molecule has 0 aromatic heterocycles. The lowest BCUT2D eigenvalue weighted by Gasteiger charge is -2.30. The quantitative estimate of drug-likeness (QED) is 0.669. The lowest BCUT2D eigenvalue weighted by Crippen LogP contribution is -2.41. The Balaban J connectivity index is 1.96. The fraction of sp³-hybridized carbons (Fsp3) is 0.889. The Labute approximate surface area is 94.8 Å². The number of amides is 1. The first-order chi connectivity index (χ1) is 6.68.